The number of rotatable bonds is 8. The van der Waals surface area contributed by atoms with E-state index >= 15 is 0 Å². The standard InChI is InChI=1S/C13H21N3O4/c1-10(9-20-3)15(6-7-19-2)11-4-5-13(16(17)18)12(14)8-11/h4-5,8,10H,6-7,9,14H2,1-3H3. The summed E-state index contributed by atoms with van der Waals surface area (Å²) < 4.78 is 10.2. The van der Waals surface area contributed by atoms with Crippen LogP contribution in [0.15, 0.2) is 18.2 Å². The predicted molar refractivity (Wildman–Crippen MR) is 78.1 cm³/mol. The van der Waals surface area contributed by atoms with Gasteiger partial charge in [-0.3, -0.25) is 10.1 Å². The number of hydrogen-bond acceptors (Lipinski definition) is 6. The number of nitrogen functional groups attached to an aromatic ring is 1. The first-order valence-corrected chi connectivity index (χ1v) is 6.29. The minimum atomic E-state index is -0.489. The maximum Gasteiger partial charge on any atom is 0.292 e. The van der Waals surface area contributed by atoms with Crippen LogP contribution in [0.3, 0.4) is 0 Å². The van der Waals surface area contributed by atoms with Crippen LogP contribution in [-0.4, -0.2) is 44.9 Å². The quantitative estimate of drug-likeness (QED) is 0.443. The lowest BCUT2D eigenvalue weighted by atomic mass is 10.2. The first kappa shape index (κ1) is 16.2. The van der Waals surface area contributed by atoms with Crippen molar-refractivity contribution in [2.45, 2.75) is 13.0 Å². The molecule has 1 aromatic carbocycles. The summed E-state index contributed by atoms with van der Waals surface area (Å²) in [6.45, 7) is 3.75. The molecule has 0 saturated heterocycles. The van der Waals surface area contributed by atoms with Crippen molar-refractivity contribution in [2.75, 3.05) is 44.6 Å². The molecule has 20 heavy (non-hydrogen) atoms. The molecule has 0 aliphatic rings. The van der Waals surface area contributed by atoms with Gasteiger partial charge in [-0.1, -0.05) is 0 Å². The molecule has 0 amide bonds. The summed E-state index contributed by atoms with van der Waals surface area (Å²) in [4.78, 5) is 12.3. The maximum atomic E-state index is 10.8. The Bertz CT molecular complexity index is 453. The molecule has 0 aliphatic heterocycles. The molecule has 7 nitrogen and oxygen atoms in total. The molecule has 1 atom stereocenters. The zero-order valence-corrected chi connectivity index (χ0v) is 12.0. The summed E-state index contributed by atoms with van der Waals surface area (Å²) >= 11 is 0. The largest absolute Gasteiger partial charge is 0.393 e. The predicted octanol–water partition coefficient (Wildman–Crippen LogP) is 1.66. The second kappa shape index (κ2) is 7.66. The topological polar surface area (TPSA) is 90.9 Å². The Kier molecular flexibility index (Phi) is 6.20. The molecule has 0 aliphatic carbocycles. The summed E-state index contributed by atoms with van der Waals surface area (Å²) in [5.41, 5.74) is 6.62. The lowest BCUT2D eigenvalue weighted by Crippen LogP contribution is -2.38. The fourth-order valence-corrected chi connectivity index (χ4v) is 2.01. The van der Waals surface area contributed by atoms with E-state index in [0.29, 0.717) is 19.8 Å². The molecule has 7 heteroatoms. The number of nitro groups is 1. The van der Waals surface area contributed by atoms with Gasteiger partial charge in [-0.15, -0.1) is 0 Å². The number of benzene rings is 1. The Morgan fingerprint density at radius 1 is 1.40 bits per heavy atom. The molecule has 0 saturated carbocycles. The highest BCUT2D eigenvalue weighted by atomic mass is 16.6. The van der Waals surface area contributed by atoms with Crippen molar-refractivity contribution in [1.82, 2.24) is 0 Å². The smallest absolute Gasteiger partial charge is 0.292 e. The SMILES string of the molecule is COCCN(c1ccc([N+](=O)[O-])c(N)c1)C(C)COC. The third-order valence-electron chi connectivity index (χ3n) is 3.02. The third kappa shape index (κ3) is 4.07. The fraction of sp³-hybridized carbons (Fsp3) is 0.538. The van der Waals surface area contributed by atoms with E-state index in [1.54, 1.807) is 26.4 Å². The van der Waals surface area contributed by atoms with E-state index in [9.17, 15) is 10.1 Å². The lowest BCUT2D eigenvalue weighted by Gasteiger charge is -2.30. The van der Waals surface area contributed by atoms with Crippen LogP contribution < -0.4 is 10.6 Å². The molecule has 0 fully saturated rings. The van der Waals surface area contributed by atoms with E-state index in [2.05, 4.69) is 0 Å². The molecule has 0 spiro atoms. The number of methoxy groups -OCH3 is 2. The highest BCUT2D eigenvalue weighted by molar-refractivity contribution is 5.66. The number of hydrogen-bond donors (Lipinski definition) is 1. The zero-order valence-electron chi connectivity index (χ0n) is 12.0. The first-order chi connectivity index (χ1) is 9.51. The Hall–Kier alpha value is -1.86. The number of anilines is 2. The average Bonchev–Trinajstić information content (AvgIpc) is 2.39. The molecule has 1 unspecified atom stereocenters. The Morgan fingerprint density at radius 3 is 2.60 bits per heavy atom. The molecular formula is C13H21N3O4. The summed E-state index contributed by atoms with van der Waals surface area (Å²) in [5.74, 6) is 0. The van der Waals surface area contributed by atoms with Gasteiger partial charge in [-0.2, -0.15) is 0 Å². The number of nitro benzene ring substituents is 1. The molecule has 0 radical (unpaired) electrons. The van der Waals surface area contributed by atoms with Gasteiger partial charge in [0.1, 0.15) is 5.69 Å². The van der Waals surface area contributed by atoms with E-state index in [1.807, 2.05) is 11.8 Å². The van der Waals surface area contributed by atoms with Gasteiger partial charge in [0.15, 0.2) is 0 Å². The van der Waals surface area contributed by atoms with Gasteiger partial charge in [0, 0.05) is 38.6 Å². The first-order valence-electron chi connectivity index (χ1n) is 6.29. The third-order valence-corrected chi connectivity index (χ3v) is 3.02. The normalized spacial score (nSPS) is 12.2. The van der Waals surface area contributed by atoms with Crippen LogP contribution >= 0.6 is 0 Å². The van der Waals surface area contributed by atoms with Gasteiger partial charge in [0.2, 0.25) is 0 Å². The van der Waals surface area contributed by atoms with Crippen molar-refractivity contribution in [3.05, 3.63) is 28.3 Å². The van der Waals surface area contributed by atoms with Gasteiger partial charge in [0.25, 0.3) is 5.69 Å². The van der Waals surface area contributed by atoms with Crippen molar-refractivity contribution in [2.24, 2.45) is 0 Å². The summed E-state index contributed by atoms with van der Waals surface area (Å²) in [7, 11) is 3.26. The van der Waals surface area contributed by atoms with Crippen molar-refractivity contribution in [1.29, 1.82) is 0 Å². The van der Waals surface area contributed by atoms with Crippen molar-refractivity contribution in [3.8, 4) is 0 Å². The minimum Gasteiger partial charge on any atom is -0.393 e. The highest BCUT2D eigenvalue weighted by Gasteiger charge is 2.18. The molecule has 112 valence electrons. The van der Waals surface area contributed by atoms with Gasteiger partial charge >= 0.3 is 0 Å². The molecular weight excluding hydrogens is 262 g/mol. The maximum absolute atomic E-state index is 10.8. The van der Waals surface area contributed by atoms with Crippen LogP contribution in [0.1, 0.15) is 6.92 Å². The Balaban J connectivity index is 3.00. The van der Waals surface area contributed by atoms with Crippen LogP contribution in [0.2, 0.25) is 0 Å². The van der Waals surface area contributed by atoms with Crippen LogP contribution in [0.25, 0.3) is 0 Å². The molecule has 1 aromatic rings. The van der Waals surface area contributed by atoms with E-state index < -0.39 is 4.92 Å². The van der Waals surface area contributed by atoms with Crippen LogP contribution in [0, 0.1) is 10.1 Å². The molecule has 1 rings (SSSR count). The second-order valence-corrected chi connectivity index (χ2v) is 4.49. The molecule has 0 bridgehead atoms. The number of nitrogens with two attached hydrogens (primary N) is 1. The Labute approximate surface area is 118 Å². The summed E-state index contributed by atoms with van der Waals surface area (Å²) in [6.07, 6.45) is 0. The lowest BCUT2D eigenvalue weighted by molar-refractivity contribution is -0.383. The average molecular weight is 283 g/mol. The van der Waals surface area contributed by atoms with E-state index in [4.69, 9.17) is 15.2 Å². The van der Waals surface area contributed by atoms with Crippen molar-refractivity contribution < 1.29 is 14.4 Å². The molecule has 2 N–H and O–H groups in total. The minimum absolute atomic E-state index is 0.0835. The van der Waals surface area contributed by atoms with Gasteiger partial charge in [0.05, 0.1) is 18.1 Å². The van der Waals surface area contributed by atoms with Crippen molar-refractivity contribution in [3.63, 3.8) is 0 Å². The summed E-state index contributed by atoms with van der Waals surface area (Å²) in [5, 5.41) is 10.8. The van der Waals surface area contributed by atoms with E-state index in [1.165, 1.54) is 6.07 Å². The van der Waals surface area contributed by atoms with Crippen LogP contribution in [0.4, 0.5) is 17.1 Å². The molecule has 0 aromatic heterocycles. The van der Waals surface area contributed by atoms with Gasteiger partial charge < -0.3 is 20.1 Å². The number of nitrogens with zero attached hydrogens (tertiary/aromatic N) is 2. The van der Waals surface area contributed by atoms with Gasteiger partial charge in [-0.05, 0) is 19.1 Å². The highest BCUT2D eigenvalue weighted by Crippen LogP contribution is 2.27. The van der Waals surface area contributed by atoms with Crippen molar-refractivity contribution >= 4 is 17.1 Å². The Morgan fingerprint density at radius 2 is 2.10 bits per heavy atom. The van der Waals surface area contributed by atoms with E-state index in [0.717, 1.165) is 5.69 Å². The summed E-state index contributed by atoms with van der Waals surface area (Å²) in [6, 6.07) is 4.83. The zero-order chi connectivity index (χ0) is 15.1. The van der Waals surface area contributed by atoms with E-state index in [-0.39, 0.29) is 17.4 Å². The molecule has 0 heterocycles. The number of ether oxygens (including phenoxy) is 2. The monoisotopic (exact) mass is 283 g/mol. The van der Waals surface area contributed by atoms with Crippen LogP contribution in [0.5, 0.6) is 0 Å². The second-order valence-electron chi connectivity index (χ2n) is 4.49. The van der Waals surface area contributed by atoms with Gasteiger partial charge in [-0.25, -0.2) is 0 Å². The van der Waals surface area contributed by atoms with Crippen LogP contribution in [-0.2, 0) is 9.47 Å². The fourth-order valence-electron chi connectivity index (χ4n) is 2.01.